The van der Waals surface area contributed by atoms with Crippen LogP contribution in [-0.2, 0) is 39.4 Å². The van der Waals surface area contributed by atoms with Crippen LogP contribution in [0.25, 0.3) is 0 Å². The van der Waals surface area contributed by atoms with E-state index in [1.165, 1.54) is 0 Å². The molecule has 1 fully saturated rings. The van der Waals surface area contributed by atoms with Crippen molar-refractivity contribution in [3.8, 4) is 5.75 Å². The third-order valence-electron chi connectivity index (χ3n) is 7.25. The number of hydrogen-bond donors (Lipinski definition) is 0. The Labute approximate surface area is 227 Å². The summed E-state index contributed by atoms with van der Waals surface area (Å²) in [6.45, 7) is 5.89. The van der Waals surface area contributed by atoms with Gasteiger partial charge in [0.05, 0.1) is 36.0 Å². The average Bonchev–Trinajstić information content (AvgIpc) is 2.89. The van der Waals surface area contributed by atoms with Crippen molar-refractivity contribution in [1.29, 1.82) is 0 Å². The summed E-state index contributed by atoms with van der Waals surface area (Å²) in [7, 11) is 0. The smallest absolute Gasteiger partial charge is 0.133 e. The molecule has 0 bridgehead atoms. The average molecular weight is 572 g/mol. The van der Waals surface area contributed by atoms with Crippen LogP contribution in [0, 0.1) is 5.92 Å². The van der Waals surface area contributed by atoms with Gasteiger partial charge in [-0.2, -0.15) is 0 Å². The maximum absolute atomic E-state index is 6.78. The van der Waals surface area contributed by atoms with Gasteiger partial charge in [-0.15, -0.1) is 0 Å². The van der Waals surface area contributed by atoms with Gasteiger partial charge in [-0.05, 0) is 29.2 Å². The molecule has 0 N–H and O–H groups in total. The van der Waals surface area contributed by atoms with E-state index in [0.29, 0.717) is 25.2 Å². The van der Waals surface area contributed by atoms with Crippen LogP contribution in [0.2, 0.25) is 5.02 Å². The second kappa shape index (κ2) is 11.7. The van der Waals surface area contributed by atoms with Crippen molar-refractivity contribution in [1.82, 2.24) is 0 Å². The Kier molecular flexibility index (Phi) is 8.34. The predicted octanol–water partition coefficient (Wildman–Crippen LogP) is 7.78. The lowest BCUT2D eigenvalue weighted by Crippen LogP contribution is -2.52. The quantitative estimate of drug-likeness (QED) is 0.246. The summed E-state index contributed by atoms with van der Waals surface area (Å²) < 4.78 is 26.0. The van der Waals surface area contributed by atoms with Crippen molar-refractivity contribution in [3.05, 3.63) is 99.6 Å². The van der Waals surface area contributed by atoms with Gasteiger partial charge in [0, 0.05) is 16.8 Å². The Morgan fingerprint density at radius 2 is 1.56 bits per heavy atom. The van der Waals surface area contributed by atoms with Gasteiger partial charge in [-0.1, -0.05) is 102 Å². The van der Waals surface area contributed by atoms with Crippen LogP contribution in [-0.4, -0.2) is 18.3 Å². The minimum absolute atomic E-state index is 0.0335. The number of alkyl halides is 1. The van der Waals surface area contributed by atoms with Gasteiger partial charge in [-0.3, -0.25) is 0 Å². The maximum atomic E-state index is 6.78. The van der Waals surface area contributed by atoms with E-state index in [2.05, 4.69) is 60.1 Å². The molecule has 5 atom stereocenters. The van der Waals surface area contributed by atoms with E-state index < -0.39 is 0 Å². The van der Waals surface area contributed by atoms with Crippen molar-refractivity contribution in [2.75, 3.05) is 0 Å². The zero-order valence-electron chi connectivity index (χ0n) is 20.7. The van der Waals surface area contributed by atoms with E-state index in [9.17, 15) is 0 Å². The number of rotatable bonds is 9. The maximum Gasteiger partial charge on any atom is 0.133 e. The number of hydrogen-bond acceptors (Lipinski definition) is 4. The molecule has 6 heteroatoms. The second-order valence-electron chi connectivity index (χ2n) is 9.55. The third kappa shape index (κ3) is 5.23. The summed E-state index contributed by atoms with van der Waals surface area (Å²) >= 11 is 10.3. The Hall–Kier alpha value is -1.89. The first kappa shape index (κ1) is 25.7. The van der Waals surface area contributed by atoms with Crippen molar-refractivity contribution in [2.45, 2.75) is 69.8 Å². The fourth-order valence-electron chi connectivity index (χ4n) is 5.21. The van der Waals surface area contributed by atoms with Crippen LogP contribution >= 0.6 is 27.5 Å². The molecule has 36 heavy (non-hydrogen) atoms. The molecule has 4 nitrogen and oxygen atoms in total. The largest absolute Gasteiger partial charge is 0.488 e. The molecular weight excluding hydrogens is 540 g/mol. The van der Waals surface area contributed by atoms with E-state index in [1.54, 1.807) is 0 Å². The molecule has 5 rings (SSSR count). The summed E-state index contributed by atoms with van der Waals surface area (Å²) in [5.74, 6) is 0.986. The molecular formula is C30H32BrClO4. The van der Waals surface area contributed by atoms with Crippen LogP contribution in [0.5, 0.6) is 5.75 Å². The highest BCUT2D eigenvalue weighted by molar-refractivity contribution is 9.08. The molecule has 0 aliphatic carbocycles. The molecule has 0 radical (unpaired) electrons. The Morgan fingerprint density at radius 3 is 2.08 bits per heavy atom. The minimum Gasteiger partial charge on any atom is -0.488 e. The van der Waals surface area contributed by atoms with Gasteiger partial charge in [0.2, 0.25) is 0 Å². The monoisotopic (exact) mass is 570 g/mol. The fraction of sp³-hybridized carbons (Fsp3) is 0.400. The van der Waals surface area contributed by atoms with Gasteiger partial charge >= 0.3 is 0 Å². The van der Waals surface area contributed by atoms with Gasteiger partial charge in [-0.25, -0.2) is 0 Å². The Bertz CT molecular complexity index is 1160. The molecule has 0 amide bonds. The van der Waals surface area contributed by atoms with E-state index in [4.69, 9.17) is 30.5 Å². The summed E-state index contributed by atoms with van der Waals surface area (Å²) in [5, 5.41) is 1.43. The zero-order chi connectivity index (χ0) is 25.1. The Morgan fingerprint density at radius 1 is 0.944 bits per heavy atom. The first-order chi connectivity index (χ1) is 17.6. The van der Waals surface area contributed by atoms with Gasteiger partial charge in [0.25, 0.3) is 0 Å². The topological polar surface area (TPSA) is 36.9 Å². The molecule has 2 aliphatic rings. The van der Waals surface area contributed by atoms with Gasteiger partial charge in [0.15, 0.2) is 0 Å². The minimum atomic E-state index is -0.334. The van der Waals surface area contributed by atoms with E-state index in [-0.39, 0.29) is 30.3 Å². The van der Waals surface area contributed by atoms with Crippen LogP contribution < -0.4 is 4.74 Å². The molecule has 1 unspecified atom stereocenters. The summed E-state index contributed by atoms with van der Waals surface area (Å²) in [6, 6.07) is 22.6. The zero-order valence-corrected chi connectivity index (χ0v) is 23.0. The number of fused-ring (bicyclic) bond motifs is 1. The van der Waals surface area contributed by atoms with Crippen LogP contribution in [0.1, 0.15) is 54.2 Å². The molecule has 190 valence electrons. The molecule has 1 saturated heterocycles. The summed E-state index contributed by atoms with van der Waals surface area (Å²) in [5.41, 5.74) is 5.33. The normalized spacial score (nSPS) is 25.1. The predicted molar refractivity (Wildman–Crippen MR) is 146 cm³/mol. The molecule has 3 aromatic carbocycles. The van der Waals surface area contributed by atoms with Crippen molar-refractivity contribution < 1.29 is 18.9 Å². The lowest BCUT2D eigenvalue weighted by atomic mass is 9.83. The van der Waals surface area contributed by atoms with Crippen LogP contribution in [0.15, 0.2) is 66.7 Å². The fourth-order valence-corrected chi connectivity index (χ4v) is 6.07. The number of benzene rings is 3. The van der Waals surface area contributed by atoms with Gasteiger partial charge in [0.1, 0.15) is 24.6 Å². The third-order valence-corrected chi connectivity index (χ3v) is 8.32. The van der Waals surface area contributed by atoms with Crippen molar-refractivity contribution in [3.63, 3.8) is 0 Å². The van der Waals surface area contributed by atoms with E-state index in [1.807, 2.05) is 36.4 Å². The van der Waals surface area contributed by atoms with Crippen LogP contribution in [0.3, 0.4) is 0 Å². The highest BCUT2D eigenvalue weighted by Crippen LogP contribution is 2.49. The highest BCUT2D eigenvalue weighted by Gasteiger charge is 2.47. The molecule has 0 saturated carbocycles. The lowest BCUT2D eigenvalue weighted by molar-refractivity contribution is -0.235. The standard InChI is InChI=1S/C30H32BrClO4/c1-3-25-19(2)27(33-16-20-10-6-4-7-11-20)30(34-17-21-12-8-5-9-13-21)29(36-25)23-14-22(15-31)26(32)24-18-35-28(23)24/h4-14,19,25,27,29-30H,3,15-18H2,1-2H3/t19-,25-,27+,29?,30-/m1/s1. The lowest BCUT2D eigenvalue weighted by Gasteiger charge is -2.46. The first-order valence-corrected chi connectivity index (χ1v) is 14.1. The summed E-state index contributed by atoms with van der Waals surface area (Å²) in [6.07, 6.45) is 0.114. The van der Waals surface area contributed by atoms with Crippen LogP contribution in [0.4, 0.5) is 0 Å². The van der Waals surface area contributed by atoms with Gasteiger partial charge < -0.3 is 18.9 Å². The van der Waals surface area contributed by atoms with E-state index >= 15 is 0 Å². The Balaban J connectivity index is 1.51. The molecule has 3 aromatic rings. The number of ether oxygens (including phenoxy) is 4. The second-order valence-corrected chi connectivity index (χ2v) is 10.5. The molecule has 2 heterocycles. The van der Waals surface area contributed by atoms with Crippen molar-refractivity contribution in [2.24, 2.45) is 5.92 Å². The van der Waals surface area contributed by atoms with E-state index in [0.717, 1.165) is 45.0 Å². The molecule has 0 aromatic heterocycles. The SMILES string of the molecule is CC[C@H]1OC(c2cc(CBr)c(Cl)c3c2OC3)[C@H](OCc2ccccc2)[C@@H](OCc2ccccc2)[C@@H]1C. The molecule has 0 spiro atoms. The summed E-state index contributed by atoms with van der Waals surface area (Å²) in [4.78, 5) is 0. The first-order valence-electron chi connectivity index (χ1n) is 12.6. The highest BCUT2D eigenvalue weighted by atomic mass is 79.9. The molecule has 2 aliphatic heterocycles. The number of halogens is 2. The van der Waals surface area contributed by atoms with Crippen molar-refractivity contribution >= 4 is 27.5 Å².